The van der Waals surface area contributed by atoms with E-state index in [0.29, 0.717) is 0 Å². The van der Waals surface area contributed by atoms with Gasteiger partial charge in [-0.1, -0.05) is 6.07 Å². The van der Waals surface area contributed by atoms with Gasteiger partial charge in [0, 0.05) is 51.3 Å². The molecule has 192 valence electrons. The Morgan fingerprint density at radius 1 is 0.800 bits per heavy atom. The van der Waals surface area contributed by atoms with Crippen LogP contribution < -0.4 is 4.90 Å². The Kier molecular flexibility index (Phi) is 9.33. The van der Waals surface area contributed by atoms with Gasteiger partial charge in [-0.2, -0.15) is 26.3 Å². The summed E-state index contributed by atoms with van der Waals surface area (Å²) in [6, 6.07) is 8.01. The summed E-state index contributed by atoms with van der Waals surface area (Å²) in [5.74, 6) is -3.17. The number of carbonyl (C=O) groups is 2. The second kappa shape index (κ2) is 11.8. The van der Waals surface area contributed by atoms with E-state index in [1.807, 2.05) is 30.7 Å². The molecule has 4 heterocycles. The largest absolute Gasteiger partial charge is 0.490 e. The van der Waals surface area contributed by atoms with E-state index in [2.05, 4.69) is 36.9 Å². The molecule has 2 aromatic heterocycles. The van der Waals surface area contributed by atoms with Crippen molar-refractivity contribution < 1.29 is 46.1 Å². The van der Waals surface area contributed by atoms with Crippen LogP contribution in [0.15, 0.2) is 42.9 Å². The molecule has 2 saturated heterocycles. The molecule has 2 atom stereocenters. The van der Waals surface area contributed by atoms with Crippen molar-refractivity contribution in [3.05, 3.63) is 48.5 Å². The number of pyridine rings is 1. The predicted molar refractivity (Wildman–Crippen MR) is 108 cm³/mol. The van der Waals surface area contributed by atoms with E-state index in [4.69, 9.17) is 19.8 Å². The van der Waals surface area contributed by atoms with Crippen molar-refractivity contribution in [3.63, 3.8) is 0 Å². The van der Waals surface area contributed by atoms with Gasteiger partial charge in [-0.05, 0) is 30.0 Å². The minimum Gasteiger partial charge on any atom is -0.475 e. The lowest BCUT2D eigenvalue weighted by molar-refractivity contribution is -0.193. The summed E-state index contributed by atoms with van der Waals surface area (Å²) >= 11 is 0. The smallest absolute Gasteiger partial charge is 0.475 e. The summed E-state index contributed by atoms with van der Waals surface area (Å²) in [6.07, 6.45) is -4.64. The summed E-state index contributed by atoms with van der Waals surface area (Å²) in [7, 11) is 0. The number of aliphatic carboxylic acids is 2. The van der Waals surface area contributed by atoms with E-state index in [1.54, 1.807) is 0 Å². The number of alkyl halides is 6. The highest BCUT2D eigenvalue weighted by molar-refractivity contribution is 5.73. The van der Waals surface area contributed by atoms with Gasteiger partial charge in [0.25, 0.3) is 0 Å². The van der Waals surface area contributed by atoms with E-state index < -0.39 is 24.3 Å². The number of nitrogens with zero attached hydrogens (tertiary/aromatic N) is 5. The first-order chi connectivity index (χ1) is 16.3. The maximum absolute atomic E-state index is 10.6. The molecule has 15 heteroatoms. The number of anilines is 1. The Bertz CT molecular complexity index is 924. The number of likely N-dealkylation sites (tertiary alicyclic amines) is 1. The van der Waals surface area contributed by atoms with Crippen LogP contribution in [0, 0.1) is 11.8 Å². The lowest BCUT2D eigenvalue weighted by Crippen LogP contribution is -2.29. The van der Waals surface area contributed by atoms with Crippen molar-refractivity contribution in [2.75, 3.05) is 31.1 Å². The molecule has 0 bridgehead atoms. The summed E-state index contributed by atoms with van der Waals surface area (Å²) in [5.41, 5.74) is 1.17. The minimum absolute atomic E-state index is 0.734. The van der Waals surface area contributed by atoms with Crippen molar-refractivity contribution in [3.8, 4) is 0 Å². The highest BCUT2D eigenvalue weighted by Gasteiger charge is 2.41. The maximum atomic E-state index is 10.6. The third-order valence-electron chi connectivity index (χ3n) is 4.99. The molecule has 0 aromatic carbocycles. The van der Waals surface area contributed by atoms with Crippen LogP contribution in [-0.2, 0) is 16.1 Å². The van der Waals surface area contributed by atoms with Gasteiger partial charge in [-0.25, -0.2) is 19.6 Å². The number of hydrogen-bond donors (Lipinski definition) is 2. The van der Waals surface area contributed by atoms with Gasteiger partial charge in [-0.3, -0.25) is 9.88 Å². The average Bonchev–Trinajstić information content (AvgIpc) is 3.33. The number of fused-ring (bicyclic) bond motifs is 1. The summed E-state index contributed by atoms with van der Waals surface area (Å²) in [5, 5.41) is 14.2. The fourth-order valence-electron chi connectivity index (χ4n) is 3.56. The zero-order chi connectivity index (χ0) is 26.2. The molecule has 0 aliphatic carbocycles. The average molecular weight is 509 g/mol. The predicted octanol–water partition coefficient (Wildman–Crippen LogP) is 2.71. The first-order valence-electron chi connectivity index (χ1n) is 10.0. The van der Waals surface area contributed by atoms with Crippen molar-refractivity contribution in [2.45, 2.75) is 18.9 Å². The Hall–Kier alpha value is -3.49. The Morgan fingerprint density at radius 3 is 1.66 bits per heavy atom. The van der Waals surface area contributed by atoms with Crippen LogP contribution in [0.3, 0.4) is 0 Å². The first kappa shape index (κ1) is 27.8. The number of aromatic nitrogens is 3. The lowest BCUT2D eigenvalue weighted by Gasteiger charge is -2.21. The summed E-state index contributed by atoms with van der Waals surface area (Å²) in [4.78, 5) is 35.8. The summed E-state index contributed by atoms with van der Waals surface area (Å²) in [6.45, 7) is 5.44. The molecular formula is C20H21F6N5O4. The molecule has 2 aromatic rings. The van der Waals surface area contributed by atoms with Gasteiger partial charge >= 0.3 is 24.3 Å². The minimum atomic E-state index is -5.08. The summed E-state index contributed by atoms with van der Waals surface area (Å²) < 4.78 is 63.5. The van der Waals surface area contributed by atoms with E-state index in [9.17, 15) is 26.3 Å². The number of rotatable bonds is 3. The standard InChI is InChI=1S/C16H19N5.2C2HF3O2/c1-2-5-17-15(4-1)12-20-8-13-10-21(11-14(13)9-20)16-18-6-3-7-19-16;2*3-2(4,5)1(6)7/h1-7,13-14H,8-12H2;2*(H,6,7). The molecule has 0 saturated carbocycles. The molecule has 2 fully saturated rings. The van der Waals surface area contributed by atoms with E-state index in [0.717, 1.165) is 50.5 Å². The normalized spacial score (nSPS) is 19.7. The third-order valence-corrected chi connectivity index (χ3v) is 4.99. The van der Waals surface area contributed by atoms with Crippen LogP contribution in [0.1, 0.15) is 5.69 Å². The van der Waals surface area contributed by atoms with Crippen molar-refractivity contribution in [1.29, 1.82) is 0 Å². The number of halogens is 6. The number of carboxylic acid groups (broad SMARTS) is 2. The van der Waals surface area contributed by atoms with Crippen LogP contribution in [0.2, 0.25) is 0 Å². The molecule has 2 N–H and O–H groups in total. The second-order valence-electron chi connectivity index (χ2n) is 7.59. The van der Waals surface area contributed by atoms with Crippen LogP contribution in [0.25, 0.3) is 0 Å². The van der Waals surface area contributed by atoms with Crippen LogP contribution in [-0.4, -0.2) is 80.5 Å². The molecule has 2 unspecified atom stereocenters. The van der Waals surface area contributed by atoms with Crippen LogP contribution in [0.5, 0.6) is 0 Å². The first-order valence-corrected chi connectivity index (χ1v) is 10.0. The zero-order valence-corrected chi connectivity index (χ0v) is 17.9. The number of hydrogen-bond acceptors (Lipinski definition) is 7. The Morgan fingerprint density at radius 2 is 1.26 bits per heavy atom. The van der Waals surface area contributed by atoms with Crippen molar-refractivity contribution in [1.82, 2.24) is 19.9 Å². The van der Waals surface area contributed by atoms with Crippen molar-refractivity contribution in [2.24, 2.45) is 11.8 Å². The highest BCUT2D eigenvalue weighted by atomic mass is 19.4. The van der Waals surface area contributed by atoms with Gasteiger partial charge < -0.3 is 15.1 Å². The molecule has 2 aliphatic heterocycles. The Labute approximate surface area is 195 Å². The van der Waals surface area contributed by atoms with Gasteiger partial charge in [0.1, 0.15) is 0 Å². The van der Waals surface area contributed by atoms with Gasteiger partial charge in [-0.15, -0.1) is 0 Å². The fourth-order valence-corrected chi connectivity index (χ4v) is 3.56. The molecular weight excluding hydrogens is 488 g/mol. The molecule has 4 rings (SSSR count). The number of carboxylic acids is 2. The molecule has 0 radical (unpaired) electrons. The molecule has 9 nitrogen and oxygen atoms in total. The van der Waals surface area contributed by atoms with E-state index in [1.165, 1.54) is 5.69 Å². The molecule has 35 heavy (non-hydrogen) atoms. The molecule has 0 spiro atoms. The van der Waals surface area contributed by atoms with E-state index in [-0.39, 0.29) is 0 Å². The van der Waals surface area contributed by atoms with E-state index >= 15 is 0 Å². The van der Waals surface area contributed by atoms with Crippen LogP contribution in [0.4, 0.5) is 32.3 Å². The highest BCUT2D eigenvalue weighted by Crippen LogP contribution is 2.33. The van der Waals surface area contributed by atoms with Gasteiger partial charge in [0.15, 0.2) is 0 Å². The SMILES string of the molecule is O=C(O)C(F)(F)F.O=C(O)C(F)(F)F.c1ccc(CN2CC3CN(c4ncccn4)CC3C2)nc1. The van der Waals surface area contributed by atoms with Gasteiger partial charge in [0.05, 0.1) is 5.69 Å². The maximum Gasteiger partial charge on any atom is 0.490 e. The topological polar surface area (TPSA) is 120 Å². The molecule has 2 aliphatic rings. The third kappa shape index (κ3) is 8.99. The quantitative estimate of drug-likeness (QED) is 0.602. The zero-order valence-electron chi connectivity index (χ0n) is 17.9. The van der Waals surface area contributed by atoms with Crippen molar-refractivity contribution >= 4 is 17.9 Å². The monoisotopic (exact) mass is 509 g/mol. The molecule has 0 amide bonds. The van der Waals surface area contributed by atoms with Gasteiger partial charge in [0.2, 0.25) is 5.95 Å². The van der Waals surface area contributed by atoms with Crippen LogP contribution >= 0.6 is 0 Å². The Balaban J connectivity index is 0.000000257. The second-order valence-corrected chi connectivity index (χ2v) is 7.59. The fraction of sp³-hybridized carbons (Fsp3) is 0.450. The lowest BCUT2D eigenvalue weighted by atomic mass is 10.0.